The van der Waals surface area contributed by atoms with Crippen molar-refractivity contribution < 1.29 is 9.15 Å². The number of hydrogen-bond donors (Lipinski definition) is 0. The van der Waals surface area contributed by atoms with Crippen LogP contribution < -0.4 is 15.1 Å². The molecule has 200 valence electrons. The molecule has 5 nitrogen and oxygen atoms in total. The van der Waals surface area contributed by atoms with Crippen LogP contribution in [-0.4, -0.2) is 44.2 Å². The van der Waals surface area contributed by atoms with Gasteiger partial charge in [-0.3, -0.25) is 9.69 Å². The van der Waals surface area contributed by atoms with Crippen molar-refractivity contribution in [3.05, 3.63) is 94.1 Å². The summed E-state index contributed by atoms with van der Waals surface area (Å²) in [5, 5.41) is 1.34. The number of piperazine rings is 1. The second kappa shape index (κ2) is 13.7. The molecule has 1 fully saturated rings. The van der Waals surface area contributed by atoms with Gasteiger partial charge >= 0.3 is 0 Å². The lowest BCUT2D eigenvalue weighted by atomic mass is 10.1. The highest BCUT2D eigenvalue weighted by molar-refractivity contribution is 6.30. The second-order valence-electron chi connectivity index (χ2n) is 9.57. The molecule has 38 heavy (non-hydrogen) atoms. The number of halogens is 2. The Hall–Kier alpha value is -2.99. The number of hydrogen-bond acceptors (Lipinski definition) is 5. The minimum atomic E-state index is -0.0560. The van der Waals surface area contributed by atoms with E-state index in [4.69, 9.17) is 20.8 Å². The summed E-state index contributed by atoms with van der Waals surface area (Å²) < 4.78 is 11.9. The highest BCUT2D eigenvalue weighted by atomic mass is 35.5. The van der Waals surface area contributed by atoms with Crippen molar-refractivity contribution in [1.82, 2.24) is 4.90 Å². The smallest absolute Gasteiger partial charge is 0.193 e. The summed E-state index contributed by atoms with van der Waals surface area (Å²) in [5.41, 5.74) is 2.67. The van der Waals surface area contributed by atoms with Crippen LogP contribution in [0, 0.1) is 0 Å². The first-order valence-corrected chi connectivity index (χ1v) is 13.5. The SMILES string of the molecule is Cl.O=c1cc(-c2ccccc2)oc2ccc(OCCCCCCN3CCN(c4ccc(Cl)cc4)CC3)cc12. The minimum absolute atomic E-state index is 0. The Labute approximate surface area is 235 Å². The van der Waals surface area contributed by atoms with Gasteiger partial charge in [-0.2, -0.15) is 0 Å². The van der Waals surface area contributed by atoms with Crippen LogP contribution in [0.3, 0.4) is 0 Å². The molecule has 0 atom stereocenters. The Kier molecular flexibility index (Phi) is 10.1. The Morgan fingerprint density at radius 3 is 2.32 bits per heavy atom. The van der Waals surface area contributed by atoms with Crippen molar-refractivity contribution in [1.29, 1.82) is 0 Å². The monoisotopic (exact) mass is 552 g/mol. The summed E-state index contributed by atoms with van der Waals surface area (Å²) in [6.07, 6.45) is 4.55. The predicted octanol–water partition coefficient (Wildman–Crippen LogP) is 7.30. The average molecular weight is 554 g/mol. The van der Waals surface area contributed by atoms with Crippen molar-refractivity contribution in [3.63, 3.8) is 0 Å². The lowest BCUT2D eigenvalue weighted by Gasteiger charge is -2.36. The fourth-order valence-electron chi connectivity index (χ4n) is 4.83. The van der Waals surface area contributed by atoms with Crippen LogP contribution in [0.1, 0.15) is 25.7 Å². The molecule has 0 spiro atoms. The molecule has 0 amide bonds. The third-order valence-electron chi connectivity index (χ3n) is 6.96. The van der Waals surface area contributed by atoms with Crippen LogP contribution in [0.15, 0.2) is 88.1 Å². The van der Waals surface area contributed by atoms with Gasteiger partial charge in [0.25, 0.3) is 0 Å². The maximum atomic E-state index is 12.7. The van der Waals surface area contributed by atoms with Gasteiger partial charge in [0, 0.05) is 48.5 Å². The average Bonchev–Trinajstić information content (AvgIpc) is 2.94. The molecule has 2 heterocycles. The zero-order valence-electron chi connectivity index (χ0n) is 21.5. The second-order valence-corrected chi connectivity index (χ2v) is 10.0. The van der Waals surface area contributed by atoms with E-state index in [0.717, 1.165) is 56.2 Å². The summed E-state index contributed by atoms with van der Waals surface area (Å²) in [4.78, 5) is 17.7. The number of rotatable bonds is 10. The van der Waals surface area contributed by atoms with Crippen molar-refractivity contribution >= 4 is 40.7 Å². The quantitative estimate of drug-likeness (QED) is 0.193. The van der Waals surface area contributed by atoms with Crippen LogP contribution in [0.5, 0.6) is 5.75 Å². The van der Waals surface area contributed by atoms with E-state index in [0.29, 0.717) is 29.1 Å². The number of ether oxygens (including phenoxy) is 1. The largest absolute Gasteiger partial charge is 0.494 e. The molecule has 3 aromatic carbocycles. The number of unbranched alkanes of at least 4 members (excludes halogenated alkanes) is 3. The van der Waals surface area contributed by atoms with Gasteiger partial charge < -0.3 is 14.1 Å². The summed E-state index contributed by atoms with van der Waals surface area (Å²) >= 11 is 6.01. The van der Waals surface area contributed by atoms with Crippen molar-refractivity contribution in [2.45, 2.75) is 25.7 Å². The van der Waals surface area contributed by atoms with Gasteiger partial charge in [0.15, 0.2) is 5.43 Å². The molecule has 0 aliphatic carbocycles. The Balaban J connectivity index is 0.00000336. The third-order valence-corrected chi connectivity index (χ3v) is 7.21. The van der Waals surface area contributed by atoms with E-state index in [1.54, 1.807) is 12.1 Å². The summed E-state index contributed by atoms with van der Waals surface area (Å²) in [5.74, 6) is 1.29. The third kappa shape index (κ3) is 7.31. The Morgan fingerprint density at radius 2 is 1.55 bits per heavy atom. The molecule has 1 aliphatic heterocycles. The molecular formula is C31H34Cl2N2O3. The lowest BCUT2D eigenvalue weighted by molar-refractivity contribution is 0.249. The molecular weight excluding hydrogens is 519 g/mol. The number of anilines is 1. The van der Waals surface area contributed by atoms with Crippen molar-refractivity contribution in [2.24, 2.45) is 0 Å². The van der Waals surface area contributed by atoms with Gasteiger partial charge in [-0.05, 0) is 61.9 Å². The molecule has 0 radical (unpaired) electrons. The molecule has 0 unspecified atom stereocenters. The van der Waals surface area contributed by atoms with E-state index in [9.17, 15) is 4.79 Å². The standard InChI is InChI=1S/C31H33ClN2O3.ClH/c32-25-10-12-26(13-11-25)34-19-17-33(18-20-34)16-6-1-2-7-21-36-27-14-15-30-28(22-27)29(35)23-31(37-30)24-8-4-3-5-9-24;/h3-5,8-15,22-23H,1-2,6-7,16-21H2;1H. The summed E-state index contributed by atoms with van der Waals surface area (Å²) in [6, 6.07) is 24.9. The number of nitrogens with zero attached hydrogens (tertiary/aromatic N) is 2. The fourth-order valence-corrected chi connectivity index (χ4v) is 4.96. The number of fused-ring (bicyclic) bond motifs is 1. The molecule has 1 aliphatic rings. The summed E-state index contributed by atoms with van der Waals surface area (Å²) in [7, 11) is 0. The Bertz CT molecular complexity index is 1350. The number of benzene rings is 3. The minimum Gasteiger partial charge on any atom is -0.494 e. The Morgan fingerprint density at radius 1 is 0.816 bits per heavy atom. The van der Waals surface area contributed by atoms with E-state index < -0.39 is 0 Å². The van der Waals surface area contributed by atoms with Crippen LogP contribution in [-0.2, 0) is 0 Å². The van der Waals surface area contributed by atoms with E-state index in [2.05, 4.69) is 21.9 Å². The van der Waals surface area contributed by atoms with Gasteiger partial charge in [0.05, 0.1) is 12.0 Å². The maximum Gasteiger partial charge on any atom is 0.193 e. The molecule has 0 N–H and O–H groups in total. The van der Waals surface area contributed by atoms with E-state index in [1.165, 1.54) is 18.5 Å². The van der Waals surface area contributed by atoms with Crippen LogP contribution in [0.4, 0.5) is 5.69 Å². The maximum absolute atomic E-state index is 12.7. The van der Waals surface area contributed by atoms with Crippen molar-refractivity contribution in [3.8, 4) is 17.1 Å². The topological polar surface area (TPSA) is 45.9 Å². The van der Waals surface area contributed by atoms with E-state index >= 15 is 0 Å². The first kappa shape index (κ1) is 28.0. The molecule has 7 heteroatoms. The molecule has 4 aromatic rings. The van der Waals surface area contributed by atoms with Gasteiger partial charge in [-0.25, -0.2) is 0 Å². The van der Waals surface area contributed by atoms with Gasteiger partial charge in [-0.1, -0.05) is 54.8 Å². The van der Waals surface area contributed by atoms with Gasteiger partial charge in [0.1, 0.15) is 17.1 Å². The highest BCUT2D eigenvalue weighted by Gasteiger charge is 2.16. The zero-order chi connectivity index (χ0) is 25.5. The molecule has 5 rings (SSSR count). The van der Waals surface area contributed by atoms with E-state index in [1.807, 2.05) is 54.6 Å². The molecule has 1 saturated heterocycles. The molecule has 1 aromatic heterocycles. The summed E-state index contributed by atoms with van der Waals surface area (Å²) in [6.45, 7) is 6.14. The first-order chi connectivity index (χ1) is 18.2. The van der Waals surface area contributed by atoms with Crippen LogP contribution >= 0.6 is 24.0 Å². The zero-order valence-corrected chi connectivity index (χ0v) is 23.1. The van der Waals surface area contributed by atoms with Gasteiger partial charge in [0.2, 0.25) is 0 Å². The molecule has 0 saturated carbocycles. The van der Waals surface area contributed by atoms with E-state index in [-0.39, 0.29) is 17.8 Å². The van der Waals surface area contributed by atoms with Crippen LogP contribution in [0.2, 0.25) is 5.02 Å². The normalized spacial score (nSPS) is 13.9. The first-order valence-electron chi connectivity index (χ1n) is 13.1. The fraction of sp³-hybridized carbons (Fsp3) is 0.323. The van der Waals surface area contributed by atoms with Crippen LogP contribution in [0.25, 0.3) is 22.3 Å². The lowest BCUT2D eigenvalue weighted by Crippen LogP contribution is -2.46. The van der Waals surface area contributed by atoms with Gasteiger partial charge in [-0.15, -0.1) is 12.4 Å². The van der Waals surface area contributed by atoms with Crippen molar-refractivity contribution in [2.75, 3.05) is 44.2 Å². The predicted molar refractivity (Wildman–Crippen MR) is 159 cm³/mol. The molecule has 0 bridgehead atoms. The highest BCUT2D eigenvalue weighted by Crippen LogP contribution is 2.25.